The third kappa shape index (κ3) is 1.41. The van der Waals surface area contributed by atoms with E-state index in [1.807, 2.05) is 6.07 Å². The van der Waals surface area contributed by atoms with Crippen LogP contribution in [0.25, 0.3) is 11.0 Å². The van der Waals surface area contributed by atoms with Crippen molar-refractivity contribution in [3.8, 4) is 0 Å². The summed E-state index contributed by atoms with van der Waals surface area (Å²) in [4.78, 5) is 8.42. The summed E-state index contributed by atoms with van der Waals surface area (Å²) in [6.45, 7) is 0. The van der Waals surface area contributed by atoms with Crippen molar-refractivity contribution >= 4 is 33.6 Å². The normalized spacial score (nSPS) is 10.4. The van der Waals surface area contributed by atoms with Crippen LogP contribution in [0, 0.1) is 0 Å². The van der Waals surface area contributed by atoms with Gasteiger partial charge in [0.2, 0.25) is 0 Å². The lowest BCUT2D eigenvalue weighted by Crippen LogP contribution is -1.83. The zero-order chi connectivity index (χ0) is 8.39. The second kappa shape index (κ2) is 3.35. The van der Waals surface area contributed by atoms with E-state index < -0.39 is 0 Å². The number of benzene rings is 1. The molecule has 0 spiro atoms. The smallest absolute Gasteiger partial charge is 0.0889 e. The largest absolute Gasteiger partial charge is 0.253 e. The molecule has 12 heavy (non-hydrogen) atoms. The third-order valence-corrected chi connectivity index (χ3v) is 2.57. The Kier molecular flexibility index (Phi) is 2.21. The highest BCUT2D eigenvalue weighted by molar-refractivity contribution is 14.1. The number of halogens is 1. The van der Waals surface area contributed by atoms with E-state index in [0.717, 1.165) is 15.5 Å². The minimum absolute atomic E-state index is 0.964. The van der Waals surface area contributed by atoms with Crippen molar-refractivity contribution in [2.75, 3.05) is 0 Å². The molecule has 0 saturated heterocycles. The van der Waals surface area contributed by atoms with Crippen LogP contribution in [0.5, 0.6) is 0 Å². The standard InChI is InChI=1S/C9H7IN2/c10-6-7-1-2-8-9(5-7)12-4-3-11-8/h1-5H,6H2. The monoisotopic (exact) mass is 270 g/mol. The van der Waals surface area contributed by atoms with E-state index in [1.165, 1.54) is 5.56 Å². The van der Waals surface area contributed by atoms with Crippen molar-refractivity contribution in [3.05, 3.63) is 36.2 Å². The highest BCUT2D eigenvalue weighted by Gasteiger charge is 1.95. The Hall–Kier alpha value is -0.710. The first kappa shape index (κ1) is 7.91. The number of aromatic nitrogens is 2. The quantitative estimate of drug-likeness (QED) is 0.588. The lowest BCUT2D eigenvalue weighted by molar-refractivity contribution is 1.28. The number of hydrogen-bond donors (Lipinski definition) is 0. The van der Waals surface area contributed by atoms with Crippen LogP contribution in [0.2, 0.25) is 0 Å². The van der Waals surface area contributed by atoms with E-state index in [0.29, 0.717) is 0 Å². The molecular weight excluding hydrogens is 263 g/mol. The van der Waals surface area contributed by atoms with Gasteiger partial charge in [-0.25, -0.2) is 0 Å². The van der Waals surface area contributed by atoms with Crippen LogP contribution in [0.4, 0.5) is 0 Å². The summed E-state index contributed by atoms with van der Waals surface area (Å²) in [5, 5.41) is 0. The van der Waals surface area contributed by atoms with Crippen LogP contribution in [-0.4, -0.2) is 9.97 Å². The molecule has 1 aromatic heterocycles. The highest BCUT2D eigenvalue weighted by Crippen LogP contribution is 2.12. The first-order chi connectivity index (χ1) is 5.90. The van der Waals surface area contributed by atoms with E-state index in [9.17, 15) is 0 Å². The second-order valence-corrected chi connectivity index (χ2v) is 3.28. The fourth-order valence-electron chi connectivity index (χ4n) is 1.09. The summed E-state index contributed by atoms with van der Waals surface area (Å²) < 4.78 is 1.02. The summed E-state index contributed by atoms with van der Waals surface area (Å²) in [6.07, 6.45) is 3.44. The maximum absolute atomic E-state index is 4.22. The Morgan fingerprint density at radius 3 is 2.58 bits per heavy atom. The molecule has 0 amide bonds. The molecule has 0 radical (unpaired) electrons. The van der Waals surface area contributed by atoms with E-state index in [4.69, 9.17) is 0 Å². The predicted octanol–water partition coefficient (Wildman–Crippen LogP) is 2.56. The van der Waals surface area contributed by atoms with Crippen molar-refractivity contribution in [3.63, 3.8) is 0 Å². The summed E-state index contributed by atoms with van der Waals surface area (Å²) >= 11 is 2.34. The van der Waals surface area contributed by atoms with Gasteiger partial charge in [-0.15, -0.1) is 0 Å². The molecule has 1 aromatic carbocycles. The molecule has 0 fully saturated rings. The Morgan fingerprint density at radius 1 is 1.08 bits per heavy atom. The van der Waals surface area contributed by atoms with Crippen LogP contribution >= 0.6 is 22.6 Å². The van der Waals surface area contributed by atoms with Crippen LogP contribution in [0.3, 0.4) is 0 Å². The van der Waals surface area contributed by atoms with Gasteiger partial charge in [0.05, 0.1) is 11.0 Å². The number of alkyl halides is 1. The summed E-state index contributed by atoms with van der Waals surface area (Å²) in [7, 11) is 0. The molecule has 0 aliphatic rings. The molecule has 0 N–H and O–H groups in total. The van der Waals surface area contributed by atoms with E-state index in [1.54, 1.807) is 12.4 Å². The molecule has 0 bridgehead atoms. The van der Waals surface area contributed by atoms with Crippen molar-refractivity contribution in [2.45, 2.75) is 4.43 Å². The van der Waals surface area contributed by atoms with Gasteiger partial charge >= 0.3 is 0 Å². The van der Waals surface area contributed by atoms with Gasteiger partial charge in [-0.2, -0.15) is 0 Å². The molecule has 3 heteroatoms. The van der Waals surface area contributed by atoms with Crippen LogP contribution < -0.4 is 0 Å². The van der Waals surface area contributed by atoms with E-state index >= 15 is 0 Å². The first-order valence-corrected chi connectivity index (χ1v) is 5.18. The maximum atomic E-state index is 4.22. The second-order valence-electron chi connectivity index (χ2n) is 2.51. The number of nitrogens with zero attached hydrogens (tertiary/aromatic N) is 2. The maximum Gasteiger partial charge on any atom is 0.0889 e. The zero-order valence-corrected chi connectivity index (χ0v) is 8.52. The average Bonchev–Trinajstić information content (AvgIpc) is 2.17. The number of fused-ring (bicyclic) bond motifs is 1. The van der Waals surface area contributed by atoms with Gasteiger partial charge in [-0.1, -0.05) is 28.7 Å². The van der Waals surface area contributed by atoms with Gasteiger partial charge in [0.25, 0.3) is 0 Å². The van der Waals surface area contributed by atoms with Crippen molar-refractivity contribution in [1.29, 1.82) is 0 Å². The van der Waals surface area contributed by atoms with Crippen molar-refractivity contribution in [2.24, 2.45) is 0 Å². The highest BCUT2D eigenvalue weighted by atomic mass is 127. The van der Waals surface area contributed by atoms with E-state index in [2.05, 4.69) is 44.7 Å². The Labute approximate surface area is 84.2 Å². The molecule has 0 aliphatic carbocycles. The average molecular weight is 270 g/mol. The Balaban J connectivity index is 2.67. The molecule has 1 heterocycles. The van der Waals surface area contributed by atoms with Crippen LogP contribution in [0.15, 0.2) is 30.6 Å². The van der Waals surface area contributed by atoms with Crippen molar-refractivity contribution < 1.29 is 0 Å². The SMILES string of the molecule is ICc1ccc2nccnc2c1. The summed E-state index contributed by atoms with van der Waals surface area (Å²) in [5.41, 5.74) is 3.24. The molecule has 2 aromatic rings. The molecule has 0 aliphatic heterocycles. The molecule has 0 unspecified atom stereocenters. The minimum Gasteiger partial charge on any atom is -0.253 e. The van der Waals surface area contributed by atoms with Crippen LogP contribution in [-0.2, 0) is 4.43 Å². The van der Waals surface area contributed by atoms with Crippen LogP contribution in [0.1, 0.15) is 5.56 Å². The third-order valence-electron chi connectivity index (χ3n) is 1.69. The van der Waals surface area contributed by atoms with E-state index in [-0.39, 0.29) is 0 Å². The summed E-state index contributed by atoms with van der Waals surface area (Å²) in [6, 6.07) is 6.18. The molecule has 2 nitrogen and oxygen atoms in total. The first-order valence-electron chi connectivity index (χ1n) is 3.66. The zero-order valence-electron chi connectivity index (χ0n) is 6.37. The topological polar surface area (TPSA) is 25.8 Å². The summed E-state index contributed by atoms with van der Waals surface area (Å²) in [5.74, 6) is 0. The number of hydrogen-bond acceptors (Lipinski definition) is 2. The molecule has 0 atom stereocenters. The van der Waals surface area contributed by atoms with Gasteiger partial charge < -0.3 is 0 Å². The fraction of sp³-hybridized carbons (Fsp3) is 0.111. The van der Waals surface area contributed by atoms with Crippen molar-refractivity contribution in [1.82, 2.24) is 9.97 Å². The lowest BCUT2D eigenvalue weighted by atomic mass is 10.2. The fourth-order valence-corrected chi connectivity index (χ4v) is 1.57. The Bertz CT molecular complexity index is 400. The Morgan fingerprint density at radius 2 is 1.83 bits per heavy atom. The molecule has 0 saturated carbocycles. The molecule has 2 rings (SSSR count). The van der Waals surface area contributed by atoms with Gasteiger partial charge in [0, 0.05) is 16.8 Å². The van der Waals surface area contributed by atoms with Gasteiger partial charge in [-0.3, -0.25) is 9.97 Å². The lowest BCUT2D eigenvalue weighted by Gasteiger charge is -1.97. The predicted molar refractivity (Wildman–Crippen MR) is 57.3 cm³/mol. The molecule has 60 valence electrons. The van der Waals surface area contributed by atoms with Gasteiger partial charge in [0.1, 0.15) is 0 Å². The number of rotatable bonds is 1. The minimum atomic E-state index is 0.964. The van der Waals surface area contributed by atoms with Gasteiger partial charge in [-0.05, 0) is 17.7 Å². The van der Waals surface area contributed by atoms with Gasteiger partial charge in [0.15, 0.2) is 0 Å². The molecular formula is C9H7IN2.